The average molecular weight is 619 g/mol. The van der Waals surface area contributed by atoms with Gasteiger partial charge in [0.2, 0.25) is 0 Å². The van der Waals surface area contributed by atoms with Gasteiger partial charge >= 0.3 is 0 Å². The van der Waals surface area contributed by atoms with E-state index in [9.17, 15) is 9.18 Å². The lowest BCUT2D eigenvalue weighted by Gasteiger charge is -2.27. The van der Waals surface area contributed by atoms with Crippen molar-refractivity contribution >= 4 is 28.4 Å². The number of carbonyl (C=O) groups is 1. The zero-order valence-electron chi connectivity index (χ0n) is 23.8. The van der Waals surface area contributed by atoms with E-state index < -0.39 is 23.2 Å². The summed E-state index contributed by atoms with van der Waals surface area (Å²) in [5.74, 6) is -2.73. The average Bonchev–Trinajstić information content (AvgIpc) is 3.48. The lowest BCUT2D eigenvalue weighted by atomic mass is 10.00. The van der Waals surface area contributed by atoms with E-state index in [-0.39, 0.29) is 45.8 Å². The van der Waals surface area contributed by atoms with Gasteiger partial charge in [-0.05, 0) is 73.5 Å². The number of para-hydroxylation sites is 1. The lowest BCUT2D eigenvalue weighted by Crippen LogP contribution is -2.32. The summed E-state index contributed by atoms with van der Waals surface area (Å²) in [6.07, 6.45) is 0.702. The third kappa shape index (κ3) is 4.90. The van der Waals surface area contributed by atoms with Gasteiger partial charge in [-0.1, -0.05) is 23.7 Å². The smallest absolute Gasteiger partial charge is 0.278 e. The number of aromatic nitrogens is 2. The molecule has 44 heavy (non-hydrogen) atoms. The van der Waals surface area contributed by atoms with Crippen LogP contribution in [0, 0.1) is 17.5 Å². The molecular weight excluding hydrogens is 593 g/mol. The molecule has 7 rings (SSSR count). The molecular formula is C34H26ClF3N2O4. The fourth-order valence-electron chi connectivity index (χ4n) is 5.77. The second-order valence-electron chi connectivity index (χ2n) is 11.2. The topological polar surface area (TPSA) is 62.6 Å². The van der Waals surface area contributed by atoms with Gasteiger partial charge in [0, 0.05) is 41.7 Å². The Hall–Kier alpha value is -4.34. The molecule has 6 nitrogen and oxygen atoms in total. The molecule has 0 saturated carbocycles. The van der Waals surface area contributed by atoms with Crippen LogP contribution in [0.15, 0.2) is 66.7 Å². The second kappa shape index (κ2) is 10.7. The Bertz CT molecular complexity index is 1950. The van der Waals surface area contributed by atoms with Crippen LogP contribution >= 0.6 is 11.6 Å². The van der Waals surface area contributed by atoms with Crippen molar-refractivity contribution in [3.8, 4) is 22.6 Å². The minimum absolute atomic E-state index is 0.0429. The van der Waals surface area contributed by atoms with Crippen LogP contribution in [-0.2, 0) is 23.5 Å². The Morgan fingerprint density at radius 3 is 2.48 bits per heavy atom. The molecule has 4 aromatic carbocycles. The fourth-order valence-corrected chi connectivity index (χ4v) is 5.93. The fraction of sp³-hybridized carbons (Fsp3) is 0.235. The van der Waals surface area contributed by atoms with Crippen molar-refractivity contribution < 1.29 is 32.2 Å². The minimum Gasteiger partial charge on any atom is -0.444 e. The van der Waals surface area contributed by atoms with Crippen LogP contribution < -0.4 is 9.47 Å². The summed E-state index contributed by atoms with van der Waals surface area (Å²) in [6, 6.07) is 16.8. The summed E-state index contributed by atoms with van der Waals surface area (Å²) in [4.78, 5) is 16.7. The second-order valence-corrected chi connectivity index (χ2v) is 11.6. The van der Waals surface area contributed by atoms with Crippen molar-refractivity contribution in [2.75, 3.05) is 6.61 Å². The van der Waals surface area contributed by atoms with Gasteiger partial charge in [0.05, 0.1) is 29.2 Å². The lowest BCUT2D eigenvalue weighted by molar-refractivity contribution is -0.0705. The van der Waals surface area contributed by atoms with E-state index in [1.165, 1.54) is 31.2 Å². The van der Waals surface area contributed by atoms with Crippen LogP contribution in [0.1, 0.15) is 47.6 Å². The van der Waals surface area contributed by atoms with Crippen molar-refractivity contribution in [2.45, 2.75) is 45.1 Å². The molecule has 0 radical (unpaired) electrons. The predicted molar refractivity (Wildman–Crippen MR) is 159 cm³/mol. The third-order valence-corrected chi connectivity index (χ3v) is 8.44. The number of ketones is 1. The van der Waals surface area contributed by atoms with E-state index in [4.69, 9.17) is 25.8 Å². The first-order valence-corrected chi connectivity index (χ1v) is 14.5. The molecule has 0 bridgehead atoms. The van der Waals surface area contributed by atoms with Gasteiger partial charge in [-0.15, -0.1) is 0 Å². The van der Waals surface area contributed by atoms with Gasteiger partial charge in [-0.25, -0.2) is 18.2 Å². The predicted octanol–water partition coefficient (Wildman–Crippen LogP) is 8.00. The van der Waals surface area contributed by atoms with E-state index in [0.717, 1.165) is 12.5 Å². The van der Waals surface area contributed by atoms with Gasteiger partial charge in [0.1, 0.15) is 23.3 Å². The SMILES string of the molecule is CC(=O)c1ccc2nc(Cc3c(F)cc(-c4cccc5c4O[C@@](C)(c4ccc(Cl)cc4F)O5)cc3F)n(C[C@@H]3CCO3)c2c1. The van der Waals surface area contributed by atoms with Crippen LogP contribution in [0.3, 0.4) is 0 Å². The van der Waals surface area contributed by atoms with Gasteiger partial charge < -0.3 is 18.8 Å². The Balaban J connectivity index is 1.23. The molecule has 0 spiro atoms. The van der Waals surface area contributed by atoms with Crippen LogP contribution in [-0.4, -0.2) is 28.0 Å². The first kappa shape index (κ1) is 28.4. The summed E-state index contributed by atoms with van der Waals surface area (Å²) < 4.78 is 65.9. The number of fused-ring (bicyclic) bond motifs is 2. The normalized spacial score (nSPS) is 18.9. The number of benzene rings is 4. The van der Waals surface area contributed by atoms with Gasteiger partial charge in [0.15, 0.2) is 17.3 Å². The Kier molecular flexibility index (Phi) is 6.90. The van der Waals surface area contributed by atoms with Crippen molar-refractivity contribution in [1.29, 1.82) is 0 Å². The maximum absolute atomic E-state index is 15.8. The molecule has 5 aromatic rings. The number of hydrogen-bond acceptors (Lipinski definition) is 5. The first-order valence-electron chi connectivity index (χ1n) is 14.2. The third-order valence-electron chi connectivity index (χ3n) is 8.20. The number of Topliss-reactive ketones (excluding diaryl/α,β-unsaturated/α-hetero) is 1. The molecule has 2 aliphatic heterocycles. The quantitative estimate of drug-likeness (QED) is 0.173. The number of imidazole rings is 1. The highest BCUT2D eigenvalue weighted by Crippen LogP contribution is 2.50. The summed E-state index contributed by atoms with van der Waals surface area (Å²) in [5.41, 5.74) is 2.45. The Labute approximate surface area is 255 Å². The molecule has 0 N–H and O–H groups in total. The number of rotatable bonds is 7. The van der Waals surface area contributed by atoms with Crippen molar-refractivity contribution in [3.63, 3.8) is 0 Å². The van der Waals surface area contributed by atoms with E-state index in [0.29, 0.717) is 46.9 Å². The maximum atomic E-state index is 15.8. The van der Waals surface area contributed by atoms with Gasteiger partial charge in [0.25, 0.3) is 5.79 Å². The Morgan fingerprint density at radius 2 is 1.80 bits per heavy atom. The van der Waals surface area contributed by atoms with Gasteiger partial charge in [-0.2, -0.15) is 0 Å². The molecule has 2 atom stereocenters. The summed E-state index contributed by atoms with van der Waals surface area (Å²) in [6.45, 7) is 4.16. The highest BCUT2D eigenvalue weighted by Gasteiger charge is 2.42. The van der Waals surface area contributed by atoms with Gasteiger partial charge in [-0.3, -0.25) is 4.79 Å². The largest absolute Gasteiger partial charge is 0.444 e. The van der Waals surface area contributed by atoms with E-state index in [2.05, 4.69) is 4.98 Å². The number of hydrogen-bond donors (Lipinski definition) is 0. The molecule has 1 fully saturated rings. The van der Waals surface area contributed by atoms with Crippen LogP contribution in [0.25, 0.3) is 22.2 Å². The van der Waals surface area contributed by atoms with Crippen LogP contribution in [0.2, 0.25) is 5.02 Å². The number of halogens is 4. The molecule has 1 saturated heterocycles. The monoisotopic (exact) mass is 618 g/mol. The number of nitrogens with zero attached hydrogens (tertiary/aromatic N) is 2. The zero-order chi connectivity index (χ0) is 30.7. The zero-order valence-corrected chi connectivity index (χ0v) is 24.6. The highest BCUT2D eigenvalue weighted by atomic mass is 35.5. The standard InChI is InChI=1S/C34H26ClF3N2O4/c1-18(41)19-6-9-29-30(14-19)40(17-22-10-11-42-22)32(39-29)16-24-26(36)12-20(13-27(24)37)23-4-3-5-31-33(23)44-34(2,43-31)25-8-7-21(35)15-28(25)38/h3-9,12-15,22H,10-11,16-17H2,1-2H3/t22-,34-/m0/s1. The van der Waals surface area contributed by atoms with Crippen molar-refractivity contribution in [2.24, 2.45) is 0 Å². The van der Waals surface area contributed by atoms with E-state index in [1.54, 1.807) is 43.3 Å². The van der Waals surface area contributed by atoms with Crippen LogP contribution in [0.4, 0.5) is 13.2 Å². The molecule has 10 heteroatoms. The van der Waals surface area contributed by atoms with Crippen LogP contribution in [0.5, 0.6) is 11.5 Å². The molecule has 224 valence electrons. The molecule has 0 aliphatic carbocycles. The molecule has 2 aliphatic rings. The highest BCUT2D eigenvalue weighted by molar-refractivity contribution is 6.30. The van der Waals surface area contributed by atoms with Crippen molar-refractivity contribution in [3.05, 3.63) is 112 Å². The van der Waals surface area contributed by atoms with Crippen molar-refractivity contribution in [1.82, 2.24) is 9.55 Å². The number of ether oxygens (including phenoxy) is 3. The molecule has 0 amide bonds. The molecule has 0 unspecified atom stereocenters. The minimum atomic E-state index is -1.52. The molecule has 3 heterocycles. The Morgan fingerprint density at radius 1 is 1.02 bits per heavy atom. The molecule has 1 aromatic heterocycles. The first-order chi connectivity index (χ1) is 21.1. The summed E-state index contributed by atoms with van der Waals surface area (Å²) >= 11 is 5.92. The van der Waals surface area contributed by atoms with E-state index >= 15 is 8.78 Å². The van der Waals surface area contributed by atoms with E-state index in [1.807, 2.05) is 4.57 Å². The summed E-state index contributed by atoms with van der Waals surface area (Å²) in [5, 5.41) is 0.227. The summed E-state index contributed by atoms with van der Waals surface area (Å²) in [7, 11) is 0. The number of carbonyl (C=O) groups excluding carboxylic acids is 1. The maximum Gasteiger partial charge on any atom is 0.278 e.